The van der Waals surface area contributed by atoms with Gasteiger partial charge in [0.25, 0.3) is 5.91 Å². The highest BCUT2D eigenvalue weighted by Gasteiger charge is 2.22. The first kappa shape index (κ1) is 22.2. The topological polar surface area (TPSA) is 42.0 Å². The molecule has 162 valence electrons. The summed E-state index contributed by atoms with van der Waals surface area (Å²) in [5.74, 6) is 1.70. The van der Waals surface area contributed by atoms with E-state index in [2.05, 4.69) is 38.8 Å². The molecular weight excluding hydrogens is 376 g/mol. The van der Waals surface area contributed by atoms with Crippen LogP contribution in [0.25, 0.3) is 0 Å². The van der Waals surface area contributed by atoms with Crippen LogP contribution in [0.1, 0.15) is 49.2 Å². The molecule has 2 aromatic rings. The average Bonchev–Trinajstić information content (AvgIpc) is 2.73. The minimum absolute atomic E-state index is 0.0153. The Bertz CT molecular complexity index is 865. The number of hydrogen-bond acceptors (Lipinski definition) is 4. The van der Waals surface area contributed by atoms with Gasteiger partial charge in [-0.25, -0.2) is 0 Å². The molecule has 1 aliphatic heterocycles. The van der Waals surface area contributed by atoms with Crippen molar-refractivity contribution in [1.82, 2.24) is 9.80 Å². The number of amides is 1. The Hall–Kier alpha value is -2.53. The second-order valence-electron chi connectivity index (χ2n) is 8.89. The summed E-state index contributed by atoms with van der Waals surface area (Å²) in [6, 6.07) is 13.8. The third-order valence-electron chi connectivity index (χ3n) is 5.48. The first-order valence-corrected chi connectivity index (χ1v) is 10.8. The first-order chi connectivity index (χ1) is 14.3. The largest absolute Gasteiger partial charge is 0.493 e. The van der Waals surface area contributed by atoms with Gasteiger partial charge in [-0.05, 0) is 49.2 Å². The molecule has 0 bridgehead atoms. The van der Waals surface area contributed by atoms with Crippen LogP contribution in [0, 0.1) is 0 Å². The van der Waals surface area contributed by atoms with Crippen molar-refractivity contribution in [1.29, 1.82) is 0 Å². The molecule has 0 N–H and O–H groups in total. The van der Waals surface area contributed by atoms with Crippen LogP contribution in [-0.4, -0.2) is 55.5 Å². The molecular formula is C25H34N2O3. The molecule has 0 aliphatic carbocycles. The van der Waals surface area contributed by atoms with Crippen molar-refractivity contribution >= 4 is 5.91 Å². The standard InChI is InChI=1S/C25H34N2O3/c1-6-29-22-12-11-19(24(28)27-15-13-26(5)14-16-27)17-20(22)18-30-23-10-8-7-9-21(23)25(2,3)4/h7-12,17H,6,13-16,18H2,1-5H3. The van der Waals surface area contributed by atoms with Crippen LogP contribution < -0.4 is 9.47 Å². The summed E-state index contributed by atoms with van der Waals surface area (Å²) in [5.41, 5.74) is 2.72. The maximum atomic E-state index is 13.0. The lowest BCUT2D eigenvalue weighted by Crippen LogP contribution is -2.47. The highest BCUT2D eigenvalue weighted by atomic mass is 16.5. The number of carbonyl (C=O) groups excluding carboxylic acids is 1. The number of nitrogens with zero attached hydrogens (tertiary/aromatic N) is 2. The summed E-state index contributed by atoms with van der Waals surface area (Å²) in [5, 5.41) is 0. The number of likely N-dealkylation sites (N-methyl/N-ethyl adjacent to an activating group) is 1. The Kier molecular flexibility index (Phi) is 7.03. The fourth-order valence-corrected chi connectivity index (χ4v) is 3.68. The van der Waals surface area contributed by atoms with Crippen LogP contribution in [0.4, 0.5) is 0 Å². The molecule has 1 heterocycles. The molecule has 5 nitrogen and oxygen atoms in total. The molecule has 5 heteroatoms. The summed E-state index contributed by atoms with van der Waals surface area (Å²) >= 11 is 0. The zero-order valence-electron chi connectivity index (χ0n) is 18.9. The number of piperazine rings is 1. The fourth-order valence-electron chi connectivity index (χ4n) is 3.68. The van der Waals surface area contributed by atoms with E-state index in [1.807, 2.05) is 48.2 Å². The van der Waals surface area contributed by atoms with Crippen molar-refractivity contribution in [2.24, 2.45) is 0 Å². The molecule has 0 atom stereocenters. The number of rotatable bonds is 6. The van der Waals surface area contributed by atoms with Crippen molar-refractivity contribution in [3.63, 3.8) is 0 Å². The van der Waals surface area contributed by atoms with Gasteiger partial charge in [0.2, 0.25) is 0 Å². The lowest BCUT2D eigenvalue weighted by molar-refractivity contribution is 0.0664. The minimum atomic E-state index is -0.0153. The predicted octanol–water partition coefficient (Wildman–Crippen LogP) is 4.35. The van der Waals surface area contributed by atoms with Gasteiger partial charge in [0.05, 0.1) is 6.61 Å². The molecule has 2 aromatic carbocycles. The zero-order valence-corrected chi connectivity index (χ0v) is 18.9. The van der Waals surface area contributed by atoms with E-state index in [-0.39, 0.29) is 11.3 Å². The maximum Gasteiger partial charge on any atom is 0.253 e. The van der Waals surface area contributed by atoms with E-state index < -0.39 is 0 Å². The van der Waals surface area contributed by atoms with Crippen molar-refractivity contribution in [3.8, 4) is 11.5 Å². The molecule has 1 saturated heterocycles. The number of para-hydroxylation sites is 1. The molecule has 1 amide bonds. The van der Waals surface area contributed by atoms with Crippen LogP contribution >= 0.6 is 0 Å². The quantitative estimate of drug-likeness (QED) is 0.710. The van der Waals surface area contributed by atoms with Gasteiger partial charge in [0.15, 0.2) is 0 Å². The van der Waals surface area contributed by atoms with Crippen molar-refractivity contribution in [2.75, 3.05) is 39.8 Å². The number of ether oxygens (including phenoxy) is 2. The van der Waals surface area contributed by atoms with E-state index in [0.717, 1.165) is 48.8 Å². The third kappa shape index (κ3) is 5.33. The highest BCUT2D eigenvalue weighted by molar-refractivity contribution is 5.94. The second kappa shape index (κ2) is 9.52. The summed E-state index contributed by atoms with van der Waals surface area (Å²) in [6.45, 7) is 12.7. The molecule has 0 unspecified atom stereocenters. The van der Waals surface area contributed by atoms with Gasteiger partial charge in [-0.1, -0.05) is 39.0 Å². The molecule has 0 saturated carbocycles. The van der Waals surface area contributed by atoms with Gasteiger partial charge in [0.1, 0.15) is 18.1 Å². The molecule has 0 aromatic heterocycles. The Labute approximate surface area is 180 Å². The summed E-state index contributed by atoms with van der Waals surface area (Å²) in [6.07, 6.45) is 0. The molecule has 0 spiro atoms. The number of carbonyl (C=O) groups is 1. The minimum Gasteiger partial charge on any atom is -0.493 e. The van der Waals surface area contributed by atoms with Crippen LogP contribution in [0.15, 0.2) is 42.5 Å². The van der Waals surface area contributed by atoms with Crippen molar-refractivity contribution < 1.29 is 14.3 Å². The van der Waals surface area contributed by atoms with Crippen LogP contribution in [0.2, 0.25) is 0 Å². The Morgan fingerprint density at radius 1 is 0.967 bits per heavy atom. The van der Waals surface area contributed by atoms with Gasteiger partial charge in [-0.2, -0.15) is 0 Å². The van der Waals surface area contributed by atoms with Crippen LogP contribution in [0.3, 0.4) is 0 Å². The van der Waals surface area contributed by atoms with E-state index in [9.17, 15) is 4.79 Å². The van der Waals surface area contributed by atoms with Gasteiger partial charge in [-0.15, -0.1) is 0 Å². The van der Waals surface area contributed by atoms with Gasteiger partial charge in [0, 0.05) is 37.3 Å². The SMILES string of the molecule is CCOc1ccc(C(=O)N2CCN(C)CC2)cc1COc1ccccc1C(C)(C)C. The second-order valence-corrected chi connectivity index (χ2v) is 8.89. The molecule has 1 fully saturated rings. The van der Waals surface area contributed by atoms with Gasteiger partial charge < -0.3 is 19.3 Å². The summed E-state index contributed by atoms with van der Waals surface area (Å²) in [4.78, 5) is 17.2. The van der Waals surface area contributed by atoms with E-state index >= 15 is 0 Å². The normalized spacial score (nSPS) is 15.2. The summed E-state index contributed by atoms with van der Waals surface area (Å²) in [7, 11) is 2.09. The molecule has 1 aliphatic rings. The molecule has 0 radical (unpaired) electrons. The van der Waals surface area contributed by atoms with Crippen molar-refractivity contribution in [3.05, 3.63) is 59.2 Å². The highest BCUT2D eigenvalue weighted by Crippen LogP contribution is 2.32. The number of benzene rings is 2. The van der Waals surface area contributed by atoms with Gasteiger partial charge in [-0.3, -0.25) is 4.79 Å². The fraction of sp³-hybridized carbons (Fsp3) is 0.480. The van der Waals surface area contributed by atoms with Gasteiger partial charge >= 0.3 is 0 Å². The average molecular weight is 411 g/mol. The monoisotopic (exact) mass is 410 g/mol. The zero-order chi connectivity index (χ0) is 21.7. The number of hydrogen-bond donors (Lipinski definition) is 0. The van der Waals surface area contributed by atoms with Crippen molar-refractivity contribution in [2.45, 2.75) is 39.7 Å². The smallest absolute Gasteiger partial charge is 0.253 e. The Morgan fingerprint density at radius 2 is 1.67 bits per heavy atom. The summed E-state index contributed by atoms with van der Waals surface area (Å²) < 4.78 is 12.0. The Balaban J connectivity index is 1.81. The molecule has 3 rings (SSSR count). The molecule has 30 heavy (non-hydrogen) atoms. The third-order valence-corrected chi connectivity index (χ3v) is 5.48. The predicted molar refractivity (Wildman–Crippen MR) is 120 cm³/mol. The van der Waals surface area contributed by atoms with Crippen LogP contribution in [-0.2, 0) is 12.0 Å². The maximum absolute atomic E-state index is 13.0. The lowest BCUT2D eigenvalue weighted by atomic mass is 9.86. The van der Waals surface area contributed by atoms with E-state index in [4.69, 9.17) is 9.47 Å². The van der Waals surface area contributed by atoms with E-state index in [1.165, 1.54) is 0 Å². The Morgan fingerprint density at radius 3 is 2.33 bits per heavy atom. The lowest BCUT2D eigenvalue weighted by Gasteiger charge is -2.32. The van der Waals surface area contributed by atoms with Crippen LogP contribution in [0.5, 0.6) is 11.5 Å². The van der Waals surface area contributed by atoms with E-state index in [1.54, 1.807) is 0 Å². The first-order valence-electron chi connectivity index (χ1n) is 10.8. The van der Waals surface area contributed by atoms with E-state index in [0.29, 0.717) is 18.8 Å².